The molecule has 0 spiro atoms. The van der Waals surface area contributed by atoms with E-state index in [0.717, 1.165) is 11.8 Å². The van der Waals surface area contributed by atoms with Gasteiger partial charge in [0, 0.05) is 0 Å². The van der Waals surface area contributed by atoms with Gasteiger partial charge in [0.15, 0.2) is 5.82 Å². The Kier molecular flexibility index (Phi) is 5.03. The number of nitrogens with one attached hydrogen (secondary N) is 1. The minimum atomic E-state index is -0.463. The second-order valence-electron chi connectivity index (χ2n) is 5.21. The monoisotopic (exact) mass is 361 g/mol. The summed E-state index contributed by atoms with van der Waals surface area (Å²) < 4.78 is 20.2. The van der Waals surface area contributed by atoms with Crippen LogP contribution in [0.3, 0.4) is 0 Å². The lowest BCUT2D eigenvalue weighted by Gasteiger charge is -2.10. The first-order valence-electron chi connectivity index (χ1n) is 7.48. The first kappa shape index (κ1) is 17.0. The standard InChI is InChI=1S/C16H16FN5O2S/c1-10(15(23)19-9-11-5-4-8-24-11)25-16-21-20-14(22(16)18)12-6-2-3-7-13(12)17/h2-8,10H,9,18H2,1H3,(H,19,23)/t10-/m1/s1. The van der Waals surface area contributed by atoms with Crippen LogP contribution in [0.5, 0.6) is 0 Å². The van der Waals surface area contributed by atoms with Gasteiger partial charge < -0.3 is 15.6 Å². The third-order valence-corrected chi connectivity index (χ3v) is 4.50. The van der Waals surface area contributed by atoms with Crippen molar-refractivity contribution >= 4 is 17.7 Å². The van der Waals surface area contributed by atoms with Gasteiger partial charge in [-0.2, -0.15) is 0 Å². The highest BCUT2D eigenvalue weighted by Crippen LogP contribution is 2.26. The van der Waals surface area contributed by atoms with Crippen LogP contribution in [0.1, 0.15) is 12.7 Å². The molecular weight excluding hydrogens is 345 g/mol. The largest absolute Gasteiger partial charge is 0.467 e. The molecule has 0 radical (unpaired) electrons. The van der Waals surface area contributed by atoms with E-state index in [2.05, 4.69) is 15.5 Å². The maximum Gasteiger partial charge on any atom is 0.233 e. The van der Waals surface area contributed by atoms with Crippen LogP contribution >= 0.6 is 11.8 Å². The summed E-state index contributed by atoms with van der Waals surface area (Å²) in [5.74, 6) is 6.18. The van der Waals surface area contributed by atoms with Crippen LogP contribution in [0.4, 0.5) is 4.39 Å². The Hall–Kier alpha value is -2.81. The fourth-order valence-electron chi connectivity index (χ4n) is 2.13. The first-order chi connectivity index (χ1) is 12.1. The highest BCUT2D eigenvalue weighted by atomic mass is 32.2. The quantitative estimate of drug-likeness (QED) is 0.516. The molecule has 0 aliphatic heterocycles. The van der Waals surface area contributed by atoms with Crippen molar-refractivity contribution in [2.45, 2.75) is 23.9 Å². The predicted molar refractivity (Wildman–Crippen MR) is 91.4 cm³/mol. The van der Waals surface area contributed by atoms with E-state index >= 15 is 0 Å². The van der Waals surface area contributed by atoms with E-state index in [0.29, 0.717) is 17.5 Å². The van der Waals surface area contributed by atoms with Crippen LogP contribution in [-0.4, -0.2) is 26.0 Å². The van der Waals surface area contributed by atoms with Gasteiger partial charge in [0.25, 0.3) is 0 Å². The maximum absolute atomic E-state index is 13.9. The number of aromatic nitrogens is 3. The number of carbonyl (C=O) groups excluding carboxylic acids is 1. The fraction of sp³-hybridized carbons (Fsp3) is 0.188. The summed E-state index contributed by atoms with van der Waals surface area (Å²) in [4.78, 5) is 12.2. The molecular formula is C16H16FN5O2S. The second kappa shape index (κ2) is 7.39. The number of hydrogen-bond acceptors (Lipinski definition) is 6. The first-order valence-corrected chi connectivity index (χ1v) is 8.36. The Balaban J connectivity index is 1.67. The molecule has 25 heavy (non-hydrogen) atoms. The minimum absolute atomic E-state index is 0.197. The summed E-state index contributed by atoms with van der Waals surface area (Å²) in [6.07, 6.45) is 1.54. The number of nitrogens with zero attached hydrogens (tertiary/aromatic N) is 3. The average molecular weight is 361 g/mol. The Morgan fingerprint density at radius 3 is 2.88 bits per heavy atom. The summed E-state index contributed by atoms with van der Waals surface area (Å²) in [7, 11) is 0. The minimum Gasteiger partial charge on any atom is -0.467 e. The third-order valence-electron chi connectivity index (χ3n) is 3.45. The summed E-state index contributed by atoms with van der Waals surface area (Å²) in [6, 6.07) is 9.68. The molecule has 0 aliphatic rings. The Morgan fingerprint density at radius 1 is 1.36 bits per heavy atom. The molecule has 0 unspecified atom stereocenters. The zero-order valence-corrected chi connectivity index (χ0v) is 14.2. The van der Waals surface area contributed by atoms with Crippen LogP contribution in [0.25, 0.3) is 11.4 Å². The van der Waals surface area contributed by atoms with Gasteiger partial charge in [0.2, 0.25) is 11.1 Å². The van der Waals surface area contributed by atoms with Gasteiger partial charge in [-0.1, -0.05) is 23.9 Å². The summed E-state index contributed by atoms with van der Waals surface area (Å²) in [5.41, 5.74) is 0.249. The van der Waals surface area contributed by atoms with Crippen LogP contribution in [0.2, 0.25) is 0 Å². The highest BCUT2D eigenvalue weighted by Gasteiger charge is 2.21. The van der Waals surface area contributed by atoms with Crippen molar-refractivity contribution in [3.63, 3.8) is 0 Å². The van der Waals surface area contributed by atoms with Gasteiger partial charge in [0.1, 0.15) is 11.6 Å². The fourth-order valence-corrected chi connectivity index (χ4v) is 2.92. The van der Waals surface area contributed by atoms with E-state index in [1.807, 2.05) is 0 Å². The molecule has 3 N–H and O–H groups in total. The van der Waals surface area contributed by atoms with Crippen molar-refractivity contribution in [3.05, 3.63) is 54.2 Å². The average Bonchev–Trinajstić information content (AvgIpc) is 3.24. The number of nitrogens with two attached hydrogens (primary N) is 1. The Morgan fingerprint density at radius 2 is 2.16 bits per heavy atom. The molecule has 1 amide bonds. The van der Waals surface area contributed by atoms with E-state index in [9.17, 15) is 9.18 Å². The Labute approximate surface area is 147 Å². The molecule has 7 nitrogen and oxygen atoms in total. The summed E-state index contributed by atoms with van der Waals surface area (Å²) in [5, 5.41) is 10.5. The molecule has 0 saturated heterocycles. The van der Waals surface area contributed by atoms with Crippen LogP contribution in [0, 0.1) is 5.82 Å². The van der Waals surface area contributed by atoms with E-state index in [-0.39, 0.29) is 17.3 Å². The molecule has 9 heteroatoms. The number of nitrogen functional groups attached to an aromatic ring is 1. The third kappa shape index (κ3) is 3.82. The van der Waals surface area contributed by atoms with Gasteiger partial charge in [-0.25, -0.2) is 9.07 Å². The molecule has 3 aromatic rings. The molecule has 1 aromatic carbocycles. The number of thioether (sulfide) groups is 1. The lowest BCUT2D eigenvalue weighted by atomic mass is 10.2. The van der Waals surface area contributed by atoms with Crippen molar-refractivity contribution < 1.29 is 13.6 Å². The van der Waals surface area contributed by atoms with Crippen molar-refractivity contribution in [1.82, 2.24) is 20.2 Å². The smallest absolute Gasteiger partial charge is 0.233 e. The number of benzene rings is 1. The molecule has 0 saturated carbocycles. The van der Waals surface area contributed by atoms with Crippen LogP contribution in [-0.2, 0) is 11.3 Å². The number of hydrogen-bond donors (Lipinski definition) is 2. The molecule has 130 valence electrons. The molecule has 1 atom stereocenters. The highest BCUT2D eigenvalue weighted by molar-refractivity contribution is 8.00. The number of amides is 1. The normalized spacial score (nSPS) is 12.1. The lowest BCUT2D eigenvalue weighted by Crippen LogP contribution is -2.30. The van der Waals surface area contributed by atoms with Gasteiger partial charge in [-0.3, -0.25) is 4.79 Å². The van der Waals surface area contributed by atoms with Gasteiger partial charge >= 0.3 is 0 Å². The van der Waals surface area contributed by atoms with Crippen LogP contribution < -0.4 is 11.2 Å². The topological polar surface area (TPSA) is 99.0 Å². The van der Waals surface area contributed by atoms with E-state index in [1.54, 1.807) is 43.5 Å². The number of carbonyl (C=O) groups is 1. The zero-order valence-electron chi connectivity index (χ0n) is 13.3. The van der Waals surface area contributed by atoms with E-state index in [4.69, 9.17) is 10.3 Å². The van der Waals surface area contributed by atoms with Crippen LogP contribution in [0.15, 0.2) is 52.2 Å². The molecule has 0 fully saturated rings. The zero-order chi connectivity index (χ0) is 17.8. The van der Waals surface area contributed by atoms with Crippen molar-refractivity contribution in [3.8, 4) is 11.4 Å². The summed E-state index contributed by atoms with van der Waals surface area (Å²) >= 11 is 1.14. The van der Waals surface area contributed by atoms with Crippen molar-refractivity contribution in [2.75, 3.05) is 5.84 Å². The van der Waals surface area contributed by atoms with E-state index < -0.39 is 11.1 Å². The lowest BCUT2D eigenvalue weighted by molar-refractivity contribution is -0.120. The number of halogens is 1. The number of rotatable bonds is 6. The van der Waals surface area contributed by atoms with Gasteiger partial charge in [-0.05, 0) is 31.2 Å². The molecule has 2 heterocycles. The molecule has 2 aromatic heterocycles. The Bertz CT molecular complexity index is 865. The maximum atomic E-state index is 13.9. The molecule has 0 bridgehead atoms. The SMILES string of the molecule is C[C@@H](Sc1nnc(-c2ccccc2F)n1N)C(=O)NCc1ccco1. The summed E-state index contributed by atoms with van der Waals surface area (Å²) in [6.45, 7) is 2.02. The van der Waals surface area contributed by atoms with Gasteiger partial charge in [-0.15, -0.1) is 10.2 Å². The van der Waals surface area contributed by atoms with Gasteiger partial charge in [0.05, 0.1) is 23.6 Å². The number of furan rings is 1. The molecule has 3 rings (SSSR count). The van der Waals surface area contributed by atoms with E-state index in [1.165, 1.54) is 10.7 Å². The van der Waals surface area contributed by atoms with Crippen molar-refractivity contribution in [1.29, 1.82) is 0 Å². The molecule has 0 aliphatic carbocycles. The van der Waals surface area contributed by atoms with Crippen molar-refractivity contribution in [2.24, 2.45) is 0 Å². The predicted octanol–water partition coefficient (Wildman–Crippen LogP) is 2.19. The second-order valence-corrected chi connectivity index (χ2v) is 6.52.